The zero-order valence-electron chi connectivity index (χ0n) is 15.1. The van der Waals surface area contributed by atoms with Gasteiger partial charge in [-0.3, -0.25) is 4.79 Å². The number of nitrogens with one attached hydrogen (secondary N) is 1. The molecule has 0 fully saturated rings. The van der Waals surface area contributed by atoms with E-state index in [4.69, 9.17) is 9.25 Å². The molecule has 1 aliphatic heterocycles. The number of hydrogen-bond acceptors (Lipinski definition) is 6. The molecule has 0 saturated heterocycles. The number of anilines is 1. The van der Waals surface area contributed by atoms with Gasteiger partial charge in [-0.25, -0.2) is 0 Å². The molecule has 1 N–H and O–H groups in total. The highest BCUT2D eigenvalue weighted by Crippen LogP contribution is 2.29. The van der Waals surface area contributed by atoms with Crippen molar-refractivity contribution < 1.29 is 14.0 Å². The molecule has 3 rings (SSSR count). The van der Waals surface area contributed by atoms with Gasteiger partial charge in [-0.15, -0.1) is 10.2 Å². The lowest BCUT2D eigenvalue weighted by Crippen LogP contribution is -2.15. The summed E-state index contributed by atoms with van der Waals surface area (Å²) in [6, 6.07) is 3.93. The topological polar surface area (TPSA) is 89.6 Å². The molecular formula is C18H22N4O3. The first-order valence-corrected chi connectivity index (χ1v) is 8.34. The van der Waals surface area contributed by atoms with Gasteiger partial charge in [0.15, 0.2) is 5.71 Å². The summed E-state index contributed by atoms with van der Waals surface area (Å²) in [5.41, 5.74) is 3.85. The zero-order valence-corrected chi connectivity index (χ0v) is 15.1. The second-order valence-corrected chi connectivity index (χ2v) is 6.78. The van der Waals surface area contributed by atoms with E-state index in [1.807, 2.05) is 26.0 Å². The Morgan fingerprint density at radius 2 is 2.00 bits per heavy atom. The Bertz CT molecular complexity index is 839. The van der Waals surface area contributed by atoms with Crippen molar-refractivity contribution in [3.05, 3.63) is 40.6 Å². The lowest BCUT2D eigenvalue weighted by Gasteiger charge is -2.06. The van der Waals surface area contributed by atoms with Crippen molar-refractivity contribution in [2.75, 3.05) is 5.32 Å². The molecule has 2 aromatic rings. The highest BCUT2D eigenvalue weighted by Gasteiger charge is 2.29. The van der Waals surface area contributed by atoms with E-state index < -0.39 is 6.10 Å². The van der Waals surface area contributed by atoms with Gasteiger partial charge in [-0.1, -0.05) is 30.6 Å². The van der Waals surface area contributed by atoms with Crippen LogP contribution in [0.4, 0.5) is 5.69 Å². The molecule has 1 aliphatic rings. The maximum absolute atomic E-state index is 12.2. The van der Waals surface area contributed by atoms with E-state index in [2.05, 4.69) is 34.5 Å². The van der Waals surface area contributed by atoms with Crippen molar-refractivity contribution in [1.29, 1.82) is 0 Å². The van der Waals surface area contributed by atoms with Crippen molar-refractivity contribution in [2.24, 2.45) is 11.1 Å². The van der Waals surface area contributed by atoms with E-state index in [0.29, 0.717) is 24.1 Å². The number of aromatic nitrogens is 2. The molecule has 1 amide bonds. The lowest BCUT2D eigenvalue weighted by molar-refractivity contribution is -0.110. The summed E-state index contributed by atoms with van der Waals surface area (Å²) in [6.45, 7) is 9.84. The normalized spacial score (nSPS) is 16.2. The third-order valence-electron chi connectivity index (χ3n) is 3.90. The van der Waals surface area contributed by atoms with Crippen LogP contribution in [0.1, 0.15) is 55.3 Å². The van der Waals surface area contributed by atoms with Crippen LogP contribution >= 0.6 is 0 Å². The van der Waals surface area contributed by atoms with Crippen molar-refractivity contribution in [3.8, 4) is 0 Å². The molecule has 7 nitrogen and oxygen atoms in total. The minimum absolute atomic E-state index is 0.260. The van der Waals surface area contributed by atoms with Crippen molar-refractivity contribution in [2.45, 2.75) is 47.1 Å². The Hall–Kier alpha value is -2.70. The number of carbonyl (C=O) groups excluding carboxylic acids is 1. The van der Waals surface area contributed by atoms with E-state index in [1.165, 1.54) is 0 Å². The largest absolute Gasteiger partial charge is 0.421 e. The minimum Gasteiger partial charge on any atom is -0.421 e. The van der Waals surface area contributed by atoms with E-state index in [-0.39, 0.29) is 11.6 Å². The molecule has 1 atom stereocenters. The molecule has 1 aromatic heterocycles. The Morgan fingerprint density at radius 3 is 2.72 bits per heavy atom. The lowest BCUT2D eigenvalue weighted by atomic mass is 10.0. The molecule has 7 heteroatoms. The van der Waals surface area contributed by atoms with E-state index in [1.54, 1.807) is 6.92 Å². The predicted molar refractivity (Wildman–Crippen MR) is 93.4 cm³/mol. The van der Waals surface area contributed by atoms with Gasteiger partial charge in [0, 0.05) is 12.0 Å². The highest BCUT2D eigenvalue weighted by atomic mass is 16.6. The molecule has 2 heterocycles. The first kappa shape index (κ1) is 17.1. The van der Waals surface area contributed by atoms with E-state index >= 15 is 0 Å². The van der Waals surface area contributed by atoms with Crippen LogP contribution in [0.2, 0.25) is 0 Å². The molecule has 0 aliphatic carbocycles. The predicted octanol–water partition coefficient (Wildman–Crippen LogP) is 3.32. The standard InChI is InChI=1S/C18H22N4O3/c1-9(2)6-14-20-21-18(24-14)12(5)25-22-16-13-8-10(3)7-11(4)15(13)19-17(16)23/h7-9,12H,6H2,1-5H3,(H,19,22,23)/t12-/m0/s1. The fourth-order valence-electron chi connectivity index (χ4n) is 2.75. The van der Waals surface area contributed by atoms with Crippen LogP contribution in [0.15, 0.2) is 21.7 Å². The fourth-order valence-corrected chi connectivity index (χ4v) is 2.75. The number of benzene rings is 1. The third kappa shape index (κ3) is 3.55. The average molecular weight is 342 g/mol. The SMILES string of the molecule is Cc1cc(C)c2c(c1)/C(=N\O[C@@H](C)c1nnc(CC(C)C)o1)C(=O)N2. The van der Waals surface area contributed by atoms with Gasteiger partial charge in [0.25, 0.3) is 11.8 Å². The second-order valence-electron chi connectivity index (χ2n) is 6.78. The first-order valence-electron chi connectivity index (χ1n) is 8.34. The zero-order chi connectivity index (χ0) is 18.1. The van der Waals surface area contributed by atoms with E-state index in [9.17, 15) is 4.79 Å². The smallest absolute Gasteiger partial charge is 0.278 e. The maximum atomic E-state index is 12.2. The maximum Gasteiger partial charge on any atom is 0.278 e. The molecule has 132 valence electrons. The van der Waals surface area contributed by atoms with Crippen LogP contribution < -0.4 is 5.32 Å². The van der Waals surface area contributed by atoms with Crippen molar-refractivity contribution >= 4 is 17.3 Å². The quantitative estimate of drug-likeness (QED) is 0.842. The summed E-state index contributed by atoms with van der Waals surface area (Å²) < 4.78 is 5.59. The molecule has 0 unspecified atom stereocenters. The molecule has 0 radical (unpaired) electrons. The second kappa shape index (κ2) is 6.66. The molecule has 0 bridgehead atoms. The van der Waals surface area contributed by atoms with Gasteiger partial charge in [-0.05, 0) is 38.3 Å². The molecule has 0 saturated carbocycles. The van der Waals surface area contributed by atoms with Crippen LogP contribution in [0.25, 0.3) is 0 Å². The Balaban J connectivity index is 1.78. The van der Waals surface area contributed by atoms with Crippen molar-refractivity contribution in [3.63, 3.8) is 0 Å². The van der Waals surface area contributed by atoms with Crippen LogP contribution in [0, 0.1) is 19.8 Å². The van der Waals surface area contributed by atoms with Gasteiger partial charge in [-0.2, -0.15) is 0 Å². The van der Waals surface area contributed by atoms with Gasteiger partial charge in [0.05, 0.1) is 5.69 Å². The number of hydrogen-bond donors (Lipinski definition) is 1. The number of carbonyl (C=O) groups is 1. The van der Waals surface area contributed by atoms with Crippen LogP contribution in [0.5, 0.6) is 0 Å². The summed E-state index contributed by atoms with van der Waals surface area (Å²) in [7, 11) is 0. The van der Waals surface area contributed by atoms with Crippen LogP contribution in [-0.4, -0.2) is 21.8 Å². The number of rotatable bonds is 5. The Kier molecular flexibility index (Phi) is 4.57. The first-order chi connectivity index (χ1) is 11.8. The average Bonchev–Trinajstić information content (AvgIpc) is 3.09. The fraction of sp³-hybridized carbons (Fsp3) is 0.444. The highest BCUT2D eigenvalue weighted by molar-refractivity contribution is 6.53. The Labute approximate surface area is 146 Å². The van der Waals surface area contributed by atoms with Crippen molar-refractivity contribution in [1.82, 2.24) is 10.2 Å². The number of amides is 1. The third-order valence-corrected chi connectivity index (χ3v) is 3.90. The minimum atomic E-state index is -0.538. The number of fused-ring (bicyclic) bond motifs is 1. The van der Waals surface area contributed by atoms with E-state index in [0.717, 1.165) is 22.4 Å². The number of nitrogens with zero attached hydrogens (tertiary/aromatic N) is 3. The summed E-state index contributed by atoms with van der Waals surface area (Å²) in [5.74, 6) is 1.07. The molecule has 25 heavy (non-hydrogen) atoms. The summed E-state index contributed by atoms with van der Waals surface area (Å²) in [6.07, 6.45) is 0.173. The number of oxime groups is 1. The summed E-state index contributed by atoms with van der Waals surface area (Å²) in [4.78, 5) is 17.7. The Morgan fingerprint density at radius 1 is 1.24 bits per heavy atom. The van der Waals surface area contributed by atoms with Gasteiger partial charge < -0.3 is 14.6 Å². The van der Waals surface area contributed by atoms with Gasteiger partial charge in [0.1, 0.15) is 0 Å². The summed E-state index contributed by atoms with van der Waals surface area (Å²) in [5, 5.41) is 14.9. The molecule has 1 aromatic carbocycles. The van der Waals surface area contributed by atoms with Crippen LogP contribution in [0.3, 0.4) is 0 Å². The summed E-state index contributed by atoms with van der Waals surface area (Å²) >= 11 is 0. The van der Waals surface area contributed by atoms with Gasteiger partial charge in [0.2, 0.25) is 12.0 Å². The molecular weight excluding hydrogens is 320 g/mol. The number of aryl methyl sites for hydroxylation is 2. The monoisotopic (exact) mass is 342 g/mol. The molecule has 0 spiro atoms. The van der Waals surface area contributed by atoms with Crippen LogP contribution in [-0.2, 0) is 16.1 Å². The van der Waals surface area contributed by atoms with Gasteiger partial charge >= 0.3 is 0 Å².